The number of rotatable bonds is 0. The molecule has 9 rings (SSSR count). The van der Waals surface area contributed by atoms with Crippen LogP contribution in [-0.2, 0) is 0 Å². The summed E-state index contributed by atoms with van der Waals surface area (Å²) in [6.45, 7) is 0. The summed E-state index contributed by atoms with van der Waals surface area (Å²) in [4.78, 5) is 0.00386. The molecule has 0 spiro atoms. The second-order valence-corrected chi connectivity index (χ2v) is 15.1. The molecule has 210 valence electrons. The molecule has 44 heavy (non-hydrogen) atoms. The van der Waals surface area contributed by atoms with Crippen molar-refractivity contribution in [1.82, 2.24) is 0 Å². The van der Waals surface area contributed by atoms with E-state index in [0.717, 1.165) is 13.4 Å². The number of fused-ring (bicyclic) bond motifs is 13. The first kappa shape index (κ1) is 27.3. The van der Waals surface area contributed by atoms with Crippen LogP contribution < -0.4 is 10.4 Å². The molecular weight excluding hydrogens is 800 g/mol. The van der Waals surface area contributed by atoms with Gasteiger partial charge in [-0.05, 0) is 77.5 Å². The van der Waals surface area contributed by atoms with Crippen LogP contribution in [0.4, 0.5) is 0 Å². The fourth-order valence-electron chi connectivity index (χ4n) is 7.55. The van der Waals surface area contributed by atoms with Gasteiger partial charge in [0.2, 0.25) is 0 Å². The van der Waals surface area contributed by atoms with Gasteiger partial charge in [-0.1, -0.05) is 173 Å². The van der Waals surface area contributed by atoms with Crippen LogP contribution in [0.1, 0.15) is 11.1 Å². The van der Waals surface area contributed by atoms with E-state index in [1.54, 1.807) is 0 Å². The van der Waals surface area contributed by atoms with E-state index in [0.29, 0.717) is 0 Å². The van der Waals surface area contributed by atoms with Crippen LogP contribution in [0.5, 0.6) is 0 Å². The van der Waals surface area contributed by atoms with Crippen molar-refractivity contribution in [3.63, 3.8) is 0 Å². The topological polar surface area (TPSA) is 0 Å². The molecule has 4 aliphatic carbocycles. The maximum atomic E-state index is 4.22. The molecule has 0 saturated heterocycles. The molecule has 0 bridgehead atoms. The first-order valence-electron chi connectivity index (χ1n) is 14.6. The maximum Gasteiger partial charge on any atom is 0.0597 e. The molecular formula is C40H22Br4. The Kier molecular flexibility index (Phi) is 6.36. The maximum absolute atomic E-state index is 4.22. The molecule has 0 saturated carbocycles. The molecule has 4 aliphatic rings. The highest BCUT2D eigenvalue weighted by molar-refractivity contribution is 9.12. The van der Waals surface area contributed by atoms with Crippen LogP contribution in [0.2, 0.25) is 0 Å². The standard InChI is InChI=1S/C40H22Br4/c41-29-17-21-9-1-5-13-25(21)33-34-26-14-6-2-10-22(26)18-30(42)38(34)40-32(44)20-24-12-4-8-16-28(24)36(40)35-27-15-7-3-11-23(27)19-31(43)39(35)37(29)33/h1-21,31H/b39-37-. The molecule has 2 atom stereocenters. The fraction of sp³-hybridized carbons (Fsp3) is 0.0500. The number of hydrogen-bond donors (Lipinski definition) is 0. The third-order valence-electron chi connectivity index (χ3n) is 9.29. The molecule has 0 N–H and O–H groups in total. The molecule has 0 nitrogen and oxygen atoms in total. The molecule has 0 aromatic heterocycles. The Hall–Kier alpha value is -3.02. The number of alkyl halides is 1. The molecule has 0 amide bonds. The zero-order valence-corrected chi connectivity index (χ0v) is 29.6. The predicted octanol–water partition coefficient (Wildman–Crippen LogP) is 11.0. The van der Waals surface area contributed by atoms with Crippen molar-refractivity contribution in [3.05, 3.63) is 167 Å². The Morgan fingerprint density at radius 3 is 1.89 bits per heavy atom. The van der Waals surface area contributed by atoms with Crippen molar-refractivity contribution in [2.45, 2.75) is 4.83 Å². The normalized spacial score (nSPS) is 21.4. The van der Waals surface area contributed by atoms with E-state index in [2.05, 4.69) is 185 Å². The molecule has 5 aromatic rings. The average molecular weight is 822 g/mol. The van der Waals surface area contributed by atoms with E-state index in [1.165, 1.54) is 82.1 Å². The van der Waals surface area contributed by atoms with Crippen LogP contribution in [-0.4, -0.2) is 4.83 Å². The largest absolute Gasteiger partial charge is 0.0792 e. The van der Waals surface area contributed by atoms with Gasteiger partial charge in [-0.25, -0.2) is 0 Å². The van der Waals surface area contributed by atoms with Crippen molar-refractivity contribution in [3.8, 4) is 11.1 Å². The predicted molar refractivity (Wildman–Crippen MR) is 200 cm³/mol. The van der Waals surface area contributed by atoms with E-state index >= 15 is 0 Å². The lowest BCUT2D eigenvalue weighted by Crippen LogP contribution is -2.35. The Morgan fingerprint density at radius 2 is 1.18 bits per heavy atom. The Morgan fingerprint density at radius 1 is 0.568 bits per heavy atom. The highest BCUT2D eigenvalue weighted by atomic mass is 79.9. The van der Waals surface area contributed by atoms with Gasteiger partial charge >= 0.3 is 0 Å². The van der Waals surface area contributed by atoms with Gasteiger partial charge in [0.05, 0.1) is 4.83 Å². The van der Waals surface area contributed by atoms with E-state index in [4.69, 9.17) is 0 Å². The van der Waals surface area contributed by atoms with Crippen molar-refractivity contribution < 1.29 is 0 Å². The van der Waals surface area contributed by atoms with E-state index < -0.39 is 0 Å². The second-order valence-electron chi connectivity index (χ2n) is 11.6. The monoisotopic (exact) mass is 818 g/mol. The molecule has 2 unspecified atom stereocenters. The van der Waals surface area contributed by atoms with Gasteiger partial charge in [0.15, 0.2) is 0 Å². The van der Waals surface area contributed by atoms with Crippen molar-refractivity contribution >= 4 is 102 Å². The Bertz CT molecular complexity index is 2430. The van der Waals surface area contributed by atoms with E-state index in [1.807, 2.05) is 0 Å². The van der Waals surface area contributed by atoms with Crippen molar-refractivity contribution in [2.24, 2.45) is 5.92 Å². The van der Waals surface area contributed by atoms with Gasteiger partial charge < -0.3 is 0 Å². The second kappa shape index (κ2) is 10.3. The van der Waals surface area contributed by atoms with Crippen LogP contribution >= 0.6 is 63.7 Å². The zero-order valence-electron chi connectivity index (χ0n) is 23.2. The molecule has 0 radical (unpaired) electrons. The zero-order chi connectivity index (χ0) is 29.7. The van der Waals surface area contributed by atoms with Crippen molar-refractivity contribution in [1.29, 1.82) is 0 Å². The minimum absolute atomic E-state index is 0.00386. The number of allylic oxidation sites excluding steroid dienone is 10. The van der Waals surface area contributed by atoms with Gasteiger partial charge in [0.25, 0.3) is 0 Å². The molecule has 4 heteroatoms. The van der Waals surface area contributed by atoms with E-state index in [-0.39, 0.29) is 10.7 Å². The molecule has 0 heterocycles. The smallest absolute Gasteiger partial charge is 0.0597 e. The summed E-state index contributed by atoms with van der Waals surface area (Å²) in [5.74, 6) is 0.176. The highest BCUT2D eigenvalue weighted by Crippen LogP contribution is 2.57. The van der Waals surface area contributed by atoms with Gasteiger partial charge in [-0.2, -0.15) is 0 Å². The third-order valence-corrected chi connectivity index (χ3v) is 11.9. The number of benzene rings is 5. The summed E-state index contributed by atoms with van der Waals surface area (Å²) < 4.78 is 3.30. The summed E-state index contributed by atoms with van der Waals surface area (Å²) >= 11 is 16.7. The minimum atomic E-state index is 0.00386. The summed E-state index contributed by atoms with van der Waals surface area (Å²) in [6, 6.07) is 31.0. The lowest BCUT2D eigenvalue weighted by atomic mass is 9.70. The summed E-state index contributed by atoms with van der Waals surface area (Å²) in [7, 11) is 0. The molecule has 5 aromatic carbocycles. The van der Waals surface area contributed by atoms with Crippen LogP contribution in [0.25, 0.3) is 49.9 Å². The number of hydrogen-bond acceptors (Lipinski definition) is 0. The van der Waals surface area contributed by atoms with Crippen LogP contribution in [0.3, 0.4) is 0 Å². The van der Waals surface area contributed by atoms with Gasteiger partial charge in [-0.15, -0.1) is 0 Å². The first-order valence-corrected chi connectivity index (χ1v) is 17.9. The lowest BCUT2D eigenvalue weighted by molar-refractivity contribution is 0.979. The SMILES string of the molecule is BrC1=CC2C=CC=CC2=C2/C1=C1\C(=c3ccccc3=CC1Br)c1c(c(Br)cc3ccccc13)-c1c(Br)cc3ccccc3c12. The minimum Gasteiger partial charge on any atom is -0.0792 e. The lowest BCUT2D eigenvalue weighted by Gasteiger charge is -2.36. The Labute approximate surface area is 289 Å². The van der Waals surface area contributed by atoms with Crippen molar-refractivity contribution in [2.75, 3.05) is 0 Å². The summed E-state index contributed by atoms with van der Waals surface area (Å²) in [5, 5.41) is 7.41. The first-order chi connectivity index (χ1) is 21.5. The summed E-state index contributed by atoms with van der Waals surface area (Å²) in [6.07, 6.45) is 13.7. The third kappa shape index (κ3) is 3.84. The molecule has 0 fully saturated rings. The van der Waals surface area contributed by atoms with Crippen LogP contribution in [0, 0.1) is 5.92 Å². The van der Waals surface area contributed by atoms with Gasteiger partial charge in [0.1, 0.15) is 0 Å². The fourth-order valence-corrected chi connectivity index (χ4v) is 10.3. The van der Waals surface area contributed by atoms with Gasteiger partial charge in [-0.3, -0.25) is 0 Å². The number of halogens is 4. The Balaban J connectivity index is 1.66. The average Bonchev–Trinajstić information content (AvgIpc) is 3.02. The quantitative estimate of drug-likeness (QED) is 0.137. The summed E-state index contributed by atoms with van der Waals surface area (Å²) in [5.41, 5.74) is 11.4. The van der Waals surface area contributed by atoms with Gasteiger partial charge in [0, 0.05) is 36.0 Å². The van der Waals surface area contributed by atoms with Crippen LogP contribution in [0.15, 0.2) is 145 Å². The highest BCUT2D eigenvalue weighted by Gasteiger charge is 2.38. The van der Waals surface area contributed by atoms with E-state index in [9.17, 15) is 0 Å². The molecule has 0 aliphatic heterocycles.